The molecule has 0 bridgehead atoms. The quantitative estimate of drug-likeness (QED) is 0.741. The van der Waals surface area contributed by atoms with E-state index in [4.69, 9.17) is 11.6 Å². The number of hydrogen-bond acceptors (Lipinski definition) is 4. The Balaban J connectivity index is 2.05. The van der Waals surface area contributed by atoms with Crippen LogP contribution in [0.15, 0.2) is 12.3 Å². The largest absolute Gasteiger partial charge is 0.372 e. The standard InChI is InChI=1S/C11H13ClN4O2/c1-13-10-8(12)2-6(4-15-10)11(18)16-7-3-9(17)14-5-7/h2,4,7H,3,5H2,1H3,(H,13,15)(H,14,17)(H,16,18). The molecule has 1 atom stereocenters. The number of hydrogen-bond donors (Lipinski definition) is 3. The molecule has 2 rings (SSSR count). The maximum Gasteiger partial charge on any atom is 0.253 e. The molecule has 1 saturated heterocycles. The summed E-state index contributed by atoms with van der Waals surface area (Å²) in [4.78, 5) is 26.9. The average molecular weight is 269 g/mol. The average Bonchev–Trinajstić information content (AvgIpc) is 2.74. The molecule has 0 saturated carbocycles. The van der Waals surface area contributed by atoms with Crippen LogP contribution >= 0.6 is 11.6 Å². The van der Waals surface area contributed by atoms with Gasteiger partial charge in [-0.2, -0.15) is 0 Å². The number of nitrogens with zero attached hydrogens (tertiary/aromatic N) is 1. The molecule has 1 fully saturated rings. The third kappa shape index (κ3) is 2.70. The molecule has 2 amide bonds. The van der Waals surface area contributed by atoms with Crippen molar-refractivity contribution in [2.45, 2.75) is 12.5 Å². The molecule has 2 heterocycles. The molecule has 7 heteroatoms. The summed E-state index contributed by atoms with van der Waals surface area (Å²) in [6, 6.07) is 1.37. The van der Waals surface area contributed by atoms with Gasteiger partial charge in [0.1, 0.15) is 5.82 Å². The molecule has 96 valence electrons. The lowest BCUT2D eigenvalue weighted by Gasteiger charge is -2.11. The zero-order chi connectivity index (χ0) is 13.1. The van der Waals surface area contributed by atoms with Crippen LogP contribution in [0.5, 0.6) is 0 Å². The molecule has 1 aromatic heterocycles. The highest BCUT2D eigenvalue weighted by molar-refractivity contribution is 6.33. The normalized spacial score (nSPS) is 18.3. The van der Waals surface area contributed by atoms with Gasteiger partial charge in [0.25, 0.3) is 5.91 Å². The fraction of sp³-hybridized carbons (Fsp3) is 0.364. The maximum atomic E-state index is 11.9. The van der Waals surface area contributed by atoms with Crippen LogP contribution in [-0.2, 0) is 4.79 Å². The SMILES string of the molecule is CNc1ncc(C(=O)NC2CNC(=O)C2)cc1Cl. The maximum absolute atomic E-state index is 11.9. The second-order valence-electron chi connectivity index (χ2n) is 3.98. The highest BCUT2D eigenvalue weighted by Gasteiger charge is 2.23. The predicted octanol–water partition coefficient (Wildman–Crippen LogP) is 0.395. The van der Waals surface area contributed by atoms with E-state index in [1.807, 2.05) is 0 Å². The minimum absolute atomic E-state index is 0.0537. The molecule has 0 spiro atoms. The first-order valence-electron chi connectivity index (χ1n) is 5.51. The van der Waals surface area contributed by atoms with Gasteiger partial charge in [0.2, 0.25) is 5.91 Å². The first-order valence-corrected chi connectivity index (χ1v) is 5.89. The molecule has 6 nitrogen and oxygen atoms in total. The van der Waals surface area contributed by atoms with E-state index in [9.17, 15) is 9.59 Å². The van der Waals surface area contributed by atoms with Crippen molar-refractivity contribution in [2.24, 2.45) is 0 Å². The van der Waals surface area contributed by atoms with Crippen molar-refractivity contribution < 1.29 is 9.59 Å². The minimum atomic E-state index is -0.284. The van der Waals surface area contributed by atoms with Crippen LogP contribution < -0.4 is 16.0 Å². The van der Waals surface area contributed by atoms with Crippen LogP contribution in [0.25, 0.3) is 0 Å². The number of pyridine rings is 1. The third-order valence-electron chi connectivity index (χ3n) is 2.65. The van der Waals surface area contributed by atoms with Gasteiger partial charge in [-0.15, -0.1) is 0 Å². The lowest BCUT2D eigenvalue weighted by molar-refractivity contribution is -0.119. The van der Waals surface area contributed by atoms with Gasteiger partial charge in [0, 0.05) is 26.2 Å². The number of amides is 2. The highest BCUT2D eigenvalue weighted by atomic mass is 35.5. The Morgan fingerprint density at radius 2 is 2.39 bits per heavy atom. The van der Waals surface area contributed by atoms with E-state index in [0.717, 1.165) is 0 Å². The lowest BCUT2D eigenvalue weighted by atomic mass is 10.2. The summed E-state index contributed by atoms with van der Waals surface area (Å²) >= 11 is 5.94. The molecule has 1 aliphatic heterocycles. The molecule has 1 aromatic rings. The molecule has 18 heavy (non-hydrogen) atoms. The number of halogens is 1. The molecular formula is C11H13ClN4O2. The van der Waals surface area contributed by atoms with Crippen molar-refractivity contribution in [1.29, 1.82) is 0 Å². The summed E-state index contributed by atoms with van der Waals surface area (Å²) in [7, 11) is 1.70. The smallest absolute Gasteiger partial charge is 0.253 e. The summed E-state index contributed by atoms with van der Waals surface area (Å²) in [6.07, 6.45) is 1.75. The van der Waals surface area contributed by atoms with Crippen molar-refractivity contribution in [3.63, 3.8) is 0 Å². The number of anilines is 1. The van der Waals surface area contributed by atoms with E-state index in [1.54, 1.807) is 13.1 Å². The summed E-state index contributed by atoms with van der Waals surface area (Å²) in [5.41, 5.74) is 0.373. The molecule has 0 aromatic carbocycles. The van der Waals surface area contributed by atoms with Gasteiger partial charge >= 0.3 is 0 Å². The van der Waals surface area contributed by atoms with Gasteiger partial charge in [-0.1, -0.05) is 11.6 Å². The predicted molar refractivity (Wildman–Crippen MR) is 67.7 cm³/mol. The van der Waals surface area contributed by atoms with Gasteiger partial charge in [0.05, 0.1) is 16.6 Å². The van der Waals surface area contributed by atoms with Crippen molar-refractivity contribution in [3.8, 4) is 0 Å². The Kier molecular flexibility index (Phi) is 3.66. The monoisotopic (exact) mass is 268 g/mol. The van der Waals surface area contributed by atoms with Crippen molar-refractivity contribution in [3.05, 3.63) is 22.8 Å². The molecule has 0 radical (unpaired) electrons. The van der Waals surface area contributed by atoms with Gasteiger partial charge in [-0.05, 0) is 6.07 Å². The van der Waals surface area contributed by atoms with Crippen LogP contribution in [0, 0.1) is 0 Å². The number of carbonyl (C=O) groups excluding carboxylic acids is 2. The summed E-state index contributed by atoms with van der Waals surface area (Å²) in [6.45, 7) is 0.459. The van der Waals surface area contributed by atoms with E-state index in [2.05, 4.69) is 20.9 Å². The Morgan fingerprint density at radius 3 is 2.94 bits per heavy atom. The number of nitrogens with one attached hydrogen (secondary N) is 3. The summed E-state index contributed by atoms with van der Waals surface area (Å²) in [5.74, 6) is 0.182. The third-order valence-corrected chi connectivity index (χ3v) is 2.94. The molecule has 1 aliphatic rings. The van der Waals surface area contributed by atoms with Crippen LogP contribution in [0.3, 0.4) is 0 Å². The molecular weight excluding hydrogens is 256 g/mol. The topological polar surface area (TPSA) is 83.1 Å². The zero-order valence-electron chi connectivity index (χ0n) is 9.79. The van der Waals surface area contributed by atoms with E-state index in [1.165, 1.54) is 6.20 Å². The van der Waals surface area contributed by atoms with Crippen LogP contribution in [0.1, 0.15) is 16.8 Å². The fourth-order valence-corrected chi connectivity index (χ4v) is 1.98. The van der Waals surface area contributed by atoms with E-state index < -0.39 is 0 Å². The number of carbonyl (C=O) groups is 2. The van der Waals surface area contributed by atoms with E-state index in [-0.39, 0.29) is 17.9 Å². The second-order valence-corrected chi connectivity index (χ2v) is 4.39. The van der Waals surface area contributed by atoms with E-state index >= 15 is 0 Å². The summed E-state index contributed by atoms with van der Waals surface area (Å²) in [5, 5.41) is 8.59. The van der Waals surface area contributed by atoms with Gasteiger partial charge in [-0.3, -0.25) is 9.59 Å². The summed E-state index contributed by atoms with van der Waals surface area (Å²) < 4.78 is 0. The van der Waals surface area contributed by atoms with Gasteiger partial charge in [-0.25, -0.2) is 4.98 Å². The van der Waals surface area contributed by atoms with E-state index in [0.29, 0.717) is 29.4 Å². The fourth-order valence-electron chi connectivity index (χ4n) is 1.72. The Hall–Kier alpha value is -1.82. The Bertz CT molecular complexity index is 492. The number of aromatic nitrogens is 1. The van der Waals surface area contributed by atoms with Crippen molar-refractivity contribution in [1.82, 2.24) is 15.6 Å². The molecule has 1 unspecified atom stereocenters. The first-order chi connectivity index (χ1) is 8.60. The Morgan fingerprint density at radius 1 is 1.61 bits per heavy atom. The van der Waals surface area contributed by atoms with Crippen LogP contribution in [0.2, 0.25) is 5.02 Å². The zero-order valence-corrected chi connectivity index (χ0v) is 10.5. The van der Waals surface area contributed by atoms with Crippen LogP contribution in [0.4, 0.5) is 5.82 Å². The van der Waals surface area contributed by atoms with Gasteiger partial charge in [0.15, 0.2) is 0 Å². The minimum Gasteiger partial charge on any atom is -0.372 e. The Labute approximate surface area is 109 Å². The molecule has 0 aliphatic carbocycles. The van der Waals surface area contributed by atoms with Gasteiger partial charge < -0.3 is 16.0 Å². The van der Waals surface area contributed by atoms with Crippen LogP contribution in [-0.4, -0.2) is 36.4 Å². The number of rotatable bonds is 3. The molecule has 3 N–H and O–H groups in total. The second kappa shape index (κ2) is 5.22. The van der Waals surface area contributed by atoms with Crippen molar-refractivity contribution in [2.75, 3.05) is 18.9 Å². The lowest BCUT2D eigenvalue weighted by Crippen LogP contribution is -2.36. The first kappa shape index (κ1) is 12.6. The highest BCUT2D eigenvalue weighted by Crippen LogP contribution is 2.19. The van der Waals surface area contributed by atoms with Crippen molar-refractivity contribution >= 4 is 29.2 Å².